The second-order valence-corrected chi connectivity index (χ2v) is 7.92. The van der Waals surface area contributed by atoms with Gasteiger partial charge < -0.3 is 9.73 Å². The highest BCUT2D eigenvalue weighted by Gasteiger charge is 2.09. The topological polar surface area (TPSA) is 25.2 Å². The molecule has 0 spiro atoms. The summed E-state index contributed by atoms with van der Waals surface area (Å²) in [5.41, 5.74) is 8.66. The number of furan rings is 1. The fourth-order valence-electron chi connectivity index (χ4n) is 4.28. The molecule has 0 aliphatic carbocycles. The molecule has 32 heavy (non-hydrogen) atoms. The van der Waals surface area contributed by atoms with Gasteiger partial charge in [0.05, 0.1) is 0 Å². The van der Waals surface area contributed by atoms with Gasteiger partial charge in [-0.05, 0) is 41.0 Å². The van der Waals surface area contributed by atoms with Gasteiger partial charge >= 0.3 is 0 Å². The van der Waals surface area contributed by atoms with Crippen LogP contribution in [0.3, 0.4) is 0 Å². The maximum atomic E-state index is 6.06. The first-order valence-corrected chi connectivity index (χ1v) is 10.8. The molecule has 0 atom stereocenters. The molecule has 0 radical (unpaired) electrons. The van der Waals surface area contributed by atoms with Crippen LogP contribution in [0.1, 0.15) is 0 Å². The zero-order valence-corrected chi connectivity index (χ0v) is 17.5. The van der Waals surface area contributed by atoms with Crippen molar-refractivity contribution in [1.29, 1.82) is 0 Å². The van der Waals surface area contributed by atoms with E-state index < -0.39 is 0 Å². The molecule has 0 unspecified atom stereocenters. The standard InChI is InChI=1S/C30H21NO/c1-2-8-21(9-3-1)22-14-16-23(17-15-22)25-10-4-6-12-28(25)31-24-18-19-27-26-11-5-7-13-29(26)32-30(27)20-24/h1-20,31H. The maximum Gasteiger partial charge on any atom is 0.137 e. The Labute approximate surface area is 186 Å². The summed E-state index contributed by atoms with van der Waals surface area (Å²) in [7, 11) is 0. The lowest BCUT2D eigenvalue weighted by atomic mass is 9.99. The van der Waals surface area contributed by atoms with Crippen LogP contribution in [0, 0.1) is 0 Å². The minimum atomic E-state index is 0.890. The monoisotopic (exact) mass is 411 g/mol. The lowest BCUT2D eigenvalue weighted by molar-refractivity contribution is 0.669. The number of nitrogens with one attached hydrogen (secondary N) is 1. The van der Waals surface area contributed by atoms with E-state index in [2.05, 4.69) is 102 Å². The number of anilines is 2. The maximum absolute atomic E-state index is 6.06. The molecular weight excluding hydrogens is 390 g/mol. The van der Waals surface area contributed by atoms with Gasteiger partial charge in [-0.2, -0.15) is 0 Å². The van der Waals surface area contributed by atoms with Crippen LogP contribution in [0.4, 0.5) is 11.4 Å². The van der Waals surface area contributed by atoms with E-state index in [-0.39, 0.29) is 0 Å². The Morgan fingerprint density at radius 2 is 1.12 bits per heavy atom. The molecule has 0 aliphatic heterocycles. The van der Waals surface area contributed by atoms with Crippen molar-refractivity contribution >= 4 is 33.3 Å². The Morgan fingerprint density at radius 3 is 2.00 bits per heavy atom. The second kappa shape index (κ2) is 7.75. The molecule has 1 aromatic heterocycles. The van der Waals surface area contributed by atoms with Crippen LogP contribution in [0.15, 0.2) is 126 Å². The van der Waals surface area contributed by atoms with Gasteiger partial charge in [-0.25, -0.2) is 0 Å². The van der Waals surface area contributed by atoms with E-state index in [1.165, 1.54) is 16.7 Å². The first-order chi connectivity index (χ1) is 15.8. The predicted octanol–water partition coefficient (Wildman–Crippen LogP) is 8.66. The van der Waals surface area contributed by atoms with Crippen LogP contribution in [0.25, 0.3) is 44.2 Å². The van der Waals surface area contributed by atoms with Crippen molar-refractivity contribution in [3.8, 4) is 22.3 Å². The van der Waals surface area contributed by atoms with E-state index in [0.717, 1.165) is 38.9 Å². The highest BCUT2D eigenvalue weighted by molar-refractivity contribution is 6.05. The number of hydrogen-bond donors (Lipinski definition) is 1. The average Bonchev–Trinajstić information content (AvgIpc) is 3.23. The first kappa shape index (κ1) is 18.5. The third-order valence-corrected chi connectivity index (χ3v) is 5.89. The average molecular weight is 412 g/mol. The van der Waals surface area contributed by atoms with Crippen molar-refractivity contribution in [2.75, 3.05) is 5.32 Å². The van der Waals surface area contributed by atoms with Crippen molar-refractivity contribution in [2.45, 2.75) is 0 Å². The van der Waals surface area contributed by atoms with E-state index in [1.807, 2.05) is 24.3 Å². The summed E-state index contributed by atoms with van der Waals surface area (Å²) in [6, 6.07) is 42.1. The zero-order valence-electron chi connectivity index (χ0n) is 17.5. The molecule has 6 aromatic rings. The van der Waals surface area contributed by atoms with Gasteiger partial charge in [0.25, 0.3) is 0 Å². The van der Waals surface area contributed by atoms with Gasteiger partial charge in [0, 0.05) is 33.8 Å². The number of fused-ring (bicyclic) bond motifs is 3. The molecular formula is C30H21NO. The second-order valence-electron chi connectivity index (χ2n) is 7.92. The van der Waals surface area contributed by atoms with Crippen LogP contribution in [0.2, 0.25) is 0 Å². The number of hydrogen-bond acceptors (Lipinski definition) is 2. The SMILES string of the molecule is c1ccc(-c2ccc(-c3ccccc3Nc3ccc4c(c3)oc3ccccc34)cc2)cc1. The van der Waals surface area contributed by atoms with Gasteiger partial charge in [-0.1, -0.05) is 91.0 Å². The predicted molar refractivity (Wildman–Crippen MR) is 134 cm³/mol. The van der Waals surface area contributed by atoms with Crippen LogP contribution in [-0.2, 0) is 0 Å². The molecule has 0 aliphatic rings. The lowest BCUT2D eigenvalue weighted by Gasteiger charge is -2.13. The quantitative estimate of drug-likeness (QED) is 0.314. The Hall–Kier alpha value is -4.30. The molecule has 5 aromatic carbocycles. The molecule has 0 saturated heterocycles. The summed E-state index contributed by atoms with van der Waals surface area (Å²) in [6.45, 7) is 0. The number of rotatable bonds is 4. The summed E-state index contributed by atoms with van der Waals surface area (Å²) in [5.74, 6) is 0. The van der Waals surface area contributed by atoms with E-state index in [0.29, 0.717) is 0 Å². The fourth-order valence-corrected chi connectivity index (χ4v) is 4.28. The minimum absolute atomic E-state index is 0.890. The summed E-state index contributed by atoms with van der Waals surface area (Å²) in [4.78, 5) is 0. The van der Waals surface area contributed by atoms with Gasteiger partial charge in [-0.15, -0.1) is 0 Å². The van der Waals surface area contributed by atoms with Gasteiger partial charge in [-0.3, -0.25) is 0 Å². The van der Waals surface area contributed by atoms with Crippen LogP contribution in [0.5, 0.6) is 0 Å². The lowest BCUT2D eigenvalue weighted by Crippen LogP contribution is -1.93. The van der Waals surface area contributed by atoms with Gasteiger partial charge in [0.15, 0.2) is 0 Å². The Balaban J connectivity index is 1.34. The molecule has 0 saturated carbocycles. The van der Waals surface area contributed by atoms with E-state index in [4.69, 9.17) is 4.42 Å². The molecule has 2 nitrogen and oxygen atoms in total. The van der Waals surface area contributed by atoms with Crippen molar-refractivity contribution in [3.05, 3.63) is 121 Å². The normalized spacial score (nSPS) is 11.1. The van der Waals surface area contributed by atoms with Gasteiger partial charge in [0.1, 0.15) is 11.2 Å². The molecule has 1 heterocycles. The number of para-hydroxylation sites is 2. The Bertz CT molecular complexity index is 1530. The van der Waals surface area contributed by atoms with Crippen LogP contribution in [-0.4, -0.2) is 0 Å². The fraction of sp³-hybridized carbons (Fsp3) is 0. The van der Waals surface area contributed by atoms with Crippen molar-refractivity contribution in [3.63, 3.8) is 0 Å². The van der Waals surface area contributed by atoms with Crippen molar-refractivity contribution in [2.24, 2.45) is 0 Å². The Kier molecular flexibility index (Phi) is 4.47. The summed E-state index contributed by atoms with van der Waals surface area (Å²) in [6.07, 6.45) is 0. The zero-order chi connectivity index (χ0) is 21.3. The first-order valence-electron chi connectivity index (χ1n) is 10.8. The highest BCUT2D eigenvalue weighted by Crippen LogP contribution is 2.34. The summed E-state index contributed by atoms with van der Waals surface area (Å²) >= 11 is 0. The molecule has 6 rings (SSSR count). The molecule has 0 amide bonds. The van der Waals surface area contributed by atoms with Crippen molar-refractivity contribution in [1.82, 2.24) is 0 Å². The van der Waals surface area contributed by atoms with Crippen LogP contribution < -0.4 is 5.32 Å². The largest absolute Gasteiger partial charge is 0.456 e. The van der Waals surface area contributed by atoms with Gasteiger partial charge in [0.2, 0.25) is 0 Å². The van der Waals surface area contributed by atoms with Crippen LogP contribution >= 0.6 is 0 Å². The molecule has 2 heteroatoms. The van der Waals surface area contributed by atoms with E-state index in [1.54, 1.807) is 0 Å². The smallest absolute Gasteiger partial charge is 0.137 e. The molecule has 1 N–H and O–H groups in total. The molecule has 0 bridgehead atoms. The Morgan fingerprint density at radius 1 is 0.469 bits per heavy atom. The number of benzene rings is 5. The third-order valence-electron chi connectivity index (χ3n) is 5.89. The van der Waals surface area contributed by atoms with E-state index in [9.17, 15) is 0 Å². The molecule has 152 valence electrons. The summed E-state index contributed by atoms with van der Waals surface area (Å²) < 4.78 is 6.06. The highest BCUT2D eigenvalue weighted by atomic mass is 16.3. The molecule has 0 fully saturated rings. The minimum Gasteiger partial charge on any atom is -0.456 e. The third kappa shape index (κ3) is 3.32. The van der Waals surface area contributed by atoms with Crippen molar-refractivity contribution < 1.29 is 4.42 Å². The summed E-state index contributed by atoms with van der Waals surface area (Å²) in [5, 5.41) is 5.88. The van der Waals surface area contributed by atoms with E-state index >= 15 is 0 Å².